The molecule has 0 spiro atoms. The van der Waals surface area contributed by atoms with Gasteiger partial charge in [-0.15, -0.1) is 10.2 Å². The standard InChI is InChI=1S/C25H39N5O2S/c1-4-5-7-11-19(2)27-24(31)18-33-25-29-28-23(30(25)21-13-8-6-9-14-21)17-26-20-12-10-15-22(16-20)32-3/h10,12,15-16,19,21,26H,4-9,11,13-14,17-18H2,1-3H3,(H,27,31). The quantitative estimate of drug-likeness (QED) is 0.292. The van der Waals surface area contributed by atoms with Gasteiger partial charge in [0.25, 0.3) is 0 Å². The molecule has 0 saturated heterocycles. The summed E-state index contributed by atoms with van der Waals surface area (Å²) in [6.45, 7) is 4.87. The van der Waals surface area contributed by atoms with Gasteiger partial charge >= 0.3 is 0 Å². The van der Waals surface area contributed by atoms with Gasteiger partial charge in [0.2, 0.25) is 5.91 Å². The van der Waals surface area contributed by atoms with Crippen molar-refractivity contribution in [3.8, 4) is 5.75 Å². The molecular weight excluding hydrogens is 434 g/mol. The SMILES string of the molecule is CCCCCC(C)NC(=O)CSc1nnc(CNc2cccc(OC)c2)n1C1CCCCC1. The minimum Gasteiger partial charge on any atom is -0.497 e. The highest BCUT2D eigenvalue weighted by Crippen LogP contribution is 2.33. The third kappa shape index (κ3) is 7.95. The highest BCUT2D eigenvalue weighted by atomic mass is 32.2. The number of nitrogens with one attached hydrogen (secondary N) is 2. The van der Waals surface area contributed by atoms with Crippen LogP contribution in [-0.4, -0.2) is 39.6 Å². The first-order valence-electron chi connectivity index (χ1n) is 12.3. The van der Waals surface area contributed by atoms with Crippen molar-refractivity contribution in [2.45, 2.75) is 95.4 Å². The van der Waals surface area contributed by atoms with E-state index < -0.39 is 0 Å². The van der Waals surface area contributed by atoms with Crippen LogP contribution in [-0.2, 0) is 11.3 Å². The predicted molar refractivity (Wildman–Crippen MR) is 135 cm³/mol. The topological polar surface area (TPSA) is 81.1 Å². The number of nitrogens with zero attached hydrogens (tertiary/aromatic N) is 3. The lowest BCUT2D eigenvalue weighted by Crippen LogP contribution is -2.33. The number of benzene rings is 1. The second-order valence-corrected chi connectivity index (χ2v) is 9.84. The average Bonchev–Trinajstić information content (AvgIpc) is 3.25. The lowest BCUT2D eigenvalue weighted by molar-refractivity contribution is -0.119. The Kier molecular flexibility index (Phi) is 10.4. The highest BCUT2D eigenvalue weighted by molar-refractivity contribution is 7.99. The minimum atomic E-state index is 0.0678. The van der Waals surface area contributed by atoms with Gasteiger partial charge in [-0.1, -0.05) is 63.3 Å². The van der Waals surface area contributed by atoms with E-state index in [1.807, 2.05) is 24.3 Å². The molecule has 1 aliphatic carbocycles. The second-order valence-electron chi connectivity index (χ2n) is 8.90. The van der Waals surface area contributed by atoms with Gasteiger partial charge in [-0.3, -0.25) is 4.79 Å². The number of carbonyl (C=O) groups is 1. The van der Waals surface area contributed by atoms with Crippen molar-refractivity contribution < 1.29 is 9.53 Å². The Hall–Kier alpha value is -2.22. The Labute approximate surface area is 202 Å². The van der Waals surface area contributed by atoms with Crippen LogP contribution in [0.2, 0.25) is 0 Å². The lowest BCUT2D eigenvalue weighted by atomic mass is 9.95. The zero-order valence-electron chi connectivity index (χ0n) is 20.3. The van der Waals surface area contributed by atoms with E-state index >= 15 is 0 Å². The van der Waals surface area contributed by atoms with Crippen LogP contribution in [0, 0.1) is 0 Å². The number of anilines is 1. The molecule has 3 rings (SSSR count). The Bertz CT molecular complexity index is 866. The smallest absolute Gasteiger partial charge is 0.230 e. The summed E-state index contributed by atoms with van der Waals surface area (Å²) in [7, 11) is 1.67. The lowest BCUT2D eigenvalue weighted by Gasteiger charge is -2.25. The summed E-state index contributed by atoms with van der Waals surface area (Å²) in [5.74, 6) is 2.17. The van der Waals surface area contributed by atoms with E-state index in [0.717, 1.165) is 48.1 Å². The van der Waals surface area contributed by atoms with E-state index in [-0.39, 0.29) is 11.9 Å². The van der Waals surface area contributed by atoms with E-state index in [1.165, 1.54) is 43.9 Å². The zero-order valence-corrected chi connectivity index (χ0v) is 21.1. The minimum absolute atomic E-state index is 0.0678. The average molecular weight is 474 g/mol. The Morgan fingerprint density at radius 2 is 2.06 bits per heavy atom. The summed E-state index contributed by atoms with van der Waals surface area (Å²) in [4.78, 5) is 12.5. The predicted octanol–water partition coefficient (Wildman–Crippen LogP) is 5.58. The molecule has 182 valence electrons. The molecule has 8 heteroatoms. The number of aromatic nitrogens is 3. The normalized spacial score (nSPS) is 15.2. The highest BCUT2D eigenvalue weighted by Gasteiger charge is 2.23. The molecule has 1 fully saturated rings. The van der Waals surface area contributed by atoms with Crippen molar-refractivity contribution in [2.24, 2.45) is 0 Å². The van der Waals surface area contributed by atoms with Crippen molar-refractivity contribution in [2.75, 3.05) is 18.2 Å². The van der Waals surface area contributed by atoms with E-state index in [9.17, 15) is 4.79 Å². The molecular formula is C25H39N5O2S. The summed E-state index contributed by atoms with van der Waals surface area (Å²) in [5.41, 5.74) is 0.984. The molecule has 2 N–H and O–H groups in total. The summed E-state index contributed by atoms with van der Waals surface area (Å²) < 4.78 is 7.60. The first kappa shape index (κ1) is 25.4. The number of thioether (sulfide) groups is 1. The van der Waals surface area contributed by atoms with Gasteiger partial charge in [0.15, 0.2) is 11.0 Å². The molecule has 1 aliphatic rings. The van der Waals surface area contributed by atoms with Gasteiger partial charge in [0.1, 0.15) is 5.75 Å². The van der Waals surface area contributed by atoms with Crippen molar-refractivity contribution in [3.63, 3.8) is 0 Å². The molecule has 1 atom stereocenters. The number of unbranched alkanes of at least 4 members (excludes halogenated alkanes) is 2. The molecule has 1 amide bonds. The molecule has 1 aromatic heterocycles. The third-order valence-corrected chi connectivity index (χ3v) is 7.12. The Morgan fingerprint density at radius 3 is 2.82 bits per heavy atom. The van der Waals surface area contributed by atoms with Crippen LogP contribution in [0.15, 0.2) is 29.4 Å². The van der Waals surface area contributed by atoms with Gasteiger partial charge < -0.3 is 19.9 Å². The molecule has 33 heavy (non-hydrogen) atoms. The maximum atomic E-state index is 12.5. The first-order chi connectivity index (χ1) is 16.1. The van der Waals surface area contributed by atoms with Gasteiger partial charge in [-0.25, -0.2) is 0 Å². The third-order valence-electron chi connectivity index (χ3n) is 6.18. The molecule has 1 unspecified atom stereocenters. The molecule has 1 saturated carbocycles. The van der Waals surface area contributed by atoms with Crippen LogP contribution in [0.5, 0.6) is 5.75 Å². The van der Waals surface area contributed by atoms with Gasteiger partial charge in [0.05, 0.1) is 19.4 Å². The molecule has 2 aromatic rings. The number of carbonyl (C=O) groups excluding carboxylic acids is 1. The number of methoxy groups -OCH3 is 1. The number of amides is 1. The number of ether oxygens (including phenoxy) is 1. The fourth-order valence-corrected chi connectivity index (χ4v) is 5.20. The number of hydrogen-bond donors (Lipinski definition) is 2. The molecule has 7 nitrogen and oxygen atoms in total. The maximum Gasteiger partial charge on any atom is 0.230 e. The number of hydrogen-bond acceptors (Lipinski definition) is 6. The van der Waals surface area contributed by atoms with E-state index in [2.05, 4.69) is 39.2 Å². The van der Waals surface area contributed by atoms with Gasteiger partial charge in [0, 0.05) is 23.8 Å². The second kappa shape index (κ2) is 13.5. The van der Waals surface area contributed by atoms with Crippen molar-refractivity contribution in [1.29, 1.82) is 0 Å². The summed E-state index contributed by atoms with van der Waals surface area (Å²) in [6.07, 6.45) is 10.6. The first-order valence-corrected chi connectivity index (χ1v) is 13.3. The Balaban J connectivity index is 1.63. The molecule has 1 aromatic carbocycles. The van der Waals surface area contributed by atoms with E-state index in [0.29, 0.717) is 18.3 Å². The Morgan fingerprint density at radius 1 is 1.24 bits per heavy atom. The van der Waals surface area contributed by atoms with Crippen LogP contribution < -0.4 is 15.4 Å². The fraction of sp³-hybridized carbons (Fsp3) is 0.640. The van der Waals surface area contributed by atoms with E-state index in [1.54, 1.807) is 7.11 Å². The molecule has 1 heterocycles. The van der Waals surface area contributed by atoms with Crippen LogP contribution in [0.25, 0.3) is 0 Å². The van der Waals surface area contributed by atoms with Crippen LogP contribution in [0.4, 0.5) is 5.69 Å². The molecule has 0 bridgehead atoms. The number of rotatable bonds is 13. The molecule has 0 aliphatic heterocycles. The largest absolute Gasteiger partial charge is 0.497 e. The zero-order chi connectivity index (χ0) is 23.5. The van der Waals surface area contributed by atoms with Gasteiger partial charge in [-0.05, 0) is 38.3 Å². The van der Waals surface area contributed by atoms with E-state index in [4.69, 9.17) is 4.74 Å². The van der Waals surface area contributed by atoms with Crippen LogP contribution in [0.1, 0.15) is 83.5 Å². The fourth-order valence-electron chi connectivity index (χ4n) is 4.37. The summed E-state index contributed by atoms with van der Waals surface area (Å²) in [6, 6.07) is 8.50. The van der Waals surface area contributed by atoms with Crippen LogP contribution in [0.3, 0.4) is 0 Å². The van der Waals surface area contributed by atoms with Crippen molar-refractivity contribution >= 4 is 23.4 Å². The summed E-state index contributed by atoms with van der Waals surface area (Å²) in [5, 5.41) is 16.4. The summed E-state index contributed by atoms with van der Waals surface area (Å²) >= 11 is 1.50. The van der Waals surface area contributed by atoms with Crippen molar-refractivity contribution in [3.05, 3.63) is 30.1 Å². The monoisotopic (exact) mass is 473 g/mol. The van der Waals surface area contributed by atoms with Crippen molar-refractivity contribution in [1.82, 2.24) is 20.1 Å². The van der Waals surface area contributed by atoms with Crippen LogP contribution >= 0.6 is 11.8 Å². The molecule has 0 radical (unpaired) electrons. The maximum absolute atomic E-state index is 12.5. The van der Waals surface area contributed by atoms with Gasteiger partial charge in [-0.2, -0.15) is 0 Å².